The fourth-order valence-electron chi connectivity index (χ4n) is 3.05. The van der Waals surface area contributed by atoms with Crippen LogP contribution < -0.4 is 5.56 Å². The van der Waals surface area contributed by atoms with Crippen LogP contribution in [0.5, 0.6) is 0 Å². The average Bonchev–Trinajstić information content (AvgIpc) is 3.16. The lowest BCUT2D eigenvalue weighted by Gasteiger charge is -2.25. The zero-order valence-corrected chi connectivity index (χ0v) is 14.9. The molecule has 0 aliphatic rings. The summed E-state index contributed by atoms with van der Waals surface area (Å²) in [4.78, 5) is 30.2. The van der Waals surface area contributed by atoms with Crippen LogP contribution in [0, 0.1) is 11.6 Å². The Morgan fingerprint density at radius 3 is 2.64 bits per heavy atom. The molecule has 0 spiro atoms. The van der Waals surface area contributed by atoms with Crippen LogP contribution >= 0.6 is 0 Å². The smallest absolute Gasteiger partial charge is 0.272 e. The van der Waals surface area contributed by atoms with Gasteiger partial charge in [-0.3, -0.25) is 9.59 Å². The van der Waals surface area contributed by atoms with Gasteiger partial charge in [-0.25, -0.2) is 18.9 Å². The molecular weight excluding hydrogens is 370 g/mol. The highest BCUT2D eigenvalue weighted by molar-refractivity contribution is 5.97. The fourth-order valence-corrected chi connectivity index (χ4v) is 3.05. The first-order valence-corrected chi connectivity index (χ1v) is 8.34. The van der Waals surface area contributed by atoms with Crippen LogP contribution in [0.25, 0.3) is 21.9 Å². The van der Waals surface area contributed by atoms with Gasteiger partial charge in [-0.05, 0) is 37.3 Å². The number of carbonyl (C=O) groups excluding carboxylic acids is 1. The minimum Gasteiger partial charge on any atom is -0.443 e. The molecule has 0 bridgehead atoms. The molecule has 0 saturated carbocycles. The van der Waals surface area contributed by atoms with E-state index in [1.54, 1.807) is 32.2 Å². The third-order valence-electron chi connectivity index (χ3n) is 4.73. The van der Waals surface area contributed by atoms with Gasteiger partial charge in [0.1, 0.15) is 5.52 Å². The molecule has 7 nitrogen and oxygen atoms in total. The number of hydrogen-bond acceptors (Lipinski definition) is 5. The Hall–Kier alpha value is -3.62. The molecule has 2 aromatic carbocycles. The standard InChI is InChI=1S/C19H14F2N4O3/c1-9(17-11-6-13(20)14(21)7-12(11)18(26)24-23-17)25(2)19(27)10-3-4-16-15(5-10)22-8-28-16/h3-9H,1-2H3,(H,24,26)/t9-/m1/s1. The van der Waals surface area contributed by atoms with Crippen molar-refractivity contribution in [3.8, 4) is 0 Å². The second kappa shape index (κ2) is 6.52. The fraction of sp³-hybridized carbons (Fsp3) is 0.158. The monoisotopic (exact) mass is 384 g/mol. The number of oxazole rings is 1. The van der Waals surface area contributed by atoms with E-state index >= 15 is 0 Å². The van der Waals surface area contributed by atoms with Gasteiger partial charge in [-0.15, -0.1) is 0 Å². The number of fused-ring (bicyclic) bond motifs is 2. The molecule has 0 fully saturated rings. The van der Waals surface area contributed by atoms with Crippen LogP contribution in [0.4, 0.5) is 8.78 Å². The molecule has 28 heavy (non-hydrogen) atoms. The van der Waals surface area contributed by atoms with Gasteiger partial charge in [0.05, 0.1) is 17.1 Å². The third-order valence-corrected chi connectivity index (χ3v) is 4.73. The first-order valence-electron chi connectivity index (χ1n) is 8.34. The first-order chi connectivity index (χ1) is 13.4. The molecule has 0 aliphatic carbocycles. The maximum atomic E-state index is 13.8. The lowest BCUT2D eigenvalue weighted by atomic mass is 10.0. The van der Waals surface area contributed by atoms with E-state index in [2.05, 4.69) is 15.2 Å². The number of H-pyrrole nitrogens is 1. The SMILES string of the molecule is C[C@H](c1n[nH]c(=O)c2cc(F)c(F)cc12)N(C)C(=O)c1ccc2ocnc2c1. The number of nitrogens with one attached hydrogen (secondary N) is 1. The van der Waals surface area contributed by atoms with Gasteiger partial charge in [-0.1, -0.05) is 0 Å². The second-order valence-corrected chi connectivity index (χ2v) is 6.38. The molecule has 1 amide bonds. The number of nitrogens with zero attached hydrogens (tertiary/aromatic N) is 3. The Labute approximate surface area is 156 Å². The van der Waals surface area contributed by atoms with Crippen LogP contribution in [-0.4, -0.2) is 33.0 Å². The van der Waals surface area contributed by atoms with Crippen LogP contribution in [0.2, 0.25) is 0 Å². The lowest BCUT2D eigenvalue weighted by Crippen LogP contribution is -2.31. The molecule has 142 valence electrons. The number of amides is 1. The normalized spacial score (nSPS) is 12.4. The zero-order valence-electron chi connectivity index (χ0n) is 14.9. The van der Waals surface area contributed by atoms with Crippen LogP contribution in [0.1, 0.15) is 29.0 Å². The van der Waals surface area contributed by atoms with E-state index in [0.29, 0.717) is 16.7 Å². The van der Waals surface area contributed by atoms with E-state index in [-0.39, 0.29) is 22.4 Å². The van der Waals surface area contributed by atoms with Crippen molar-refractivity contribution in [1.82, 2.24) is 20.1 Å². The van der Waals surface area contributed by atoms with E-state index in [0.717, 1.165) is 12.1 Å². The third kappa shape index (κ3) is 2.81. The molecule has 4 rings (SSSR count). The topological polar surface area (TPSA) is 92.1 Å². The largest absolute Gasteiger partial charge is 0.443 e. The molecule has 2 aromatic heterocycles. The highest BCUT2D eigenvalue weighted by atomic mass is 19.2. The molecule has 0 aliphatic heterocycles. The number of hydrogen-bond donors (Lipinski definition) is 1. The predicted molar refractivity (Wildman–Crippen MR) is 96.8 cm³/mol. The molecule has 9 heteroatoms. The predicted octanol–water partition coefficient (Wildman–Crippen LogP) is 3.18. The second-order valence-electron chi connectivity index (χ2n) is 6.38. The summed E-state index contributed by atoms with van der Waals surface area (Å²) in [6.07, 6.45) is 1.29. The summed E-state index contributed by atoms with van der Waals surface area (Å²) in [5.74, 6) is -2.56. The van der Waals surface area contributed by atoms with Gasteiger partial charge in [-0.2, -0.15) is 5.10 Å². The number of aromatic amines is 1. The van der Waals surface area contributed by atoms with E-state index in [4.69, 9.17) is 4.42 Å². The average molecular weight is 384 g/mol. The first kappa shape index (κ1) is 17.8. The van der Waals surface area contributed by atoms with E-state index in [1.807, 2.05) is 0 Å². The van der Waals surface area contributed by atoms with Crippen molar-refractivity contribution in [3.63, 3.8) is 0 Å². The summed E-state index contributed by atoms with van der Waals surface area (Å²) in [7, 11) is 1.55. The lowest BCUT2D eigenvalue weighted by molar-refractivity contribution is 0.0740. The van der Waals surface area contributed by atoms with E-state index < -0.39 is 23.2 Å². The number of halogens is 2. The molecule has 0 saturated heterocycles. The molecular formula is C19H14F2N4O3. The summed E-state index contributed by atoms with van der Waals surface area (Å²) >= 11 is 0. The molecule has 0 unspecified atom stereocenters. The number of rotatable bonds is 3. The van der Waals surface area contributed by atoms with Crippen molar-refractivity contribution in [2.45, 2.75) is 13.0 Å². The summed E-state index contributed by atoms with van der Waals surface area (Å²) in [5, 5.41) is 6.34. The van der Waals surface area contributed by atoms with Gasteiger partial charge in [0.2, 0.25) is 0 Å². The Morgan fingerprint density at radius 2 is 1.89 bits per heavy atom. The summed E-state index contributed by atoms with van der Waals surface area (Å²) in [5.41, 5.74) is 1.07. The van der Waals surface area contributed by atoms with Gasteiger partial charge >= 0.3 is 0 Å². The highest BCUT2D eigenvalue weighted by Gasteiger charge is 2.24. The van der Waals surface area contributed by atoms with Crippen molar-refractivity contribution < 1.29 is 18.0 Å². The molecule has 1 N–H and O–H groups in total. The number of aromatic nitrogens is 3. The quantitative estimate of drug-likeness (QED) is 0.586. The summed E-state index contributed by atoms with van der Waals surface area (Å²) < 4.78 is 32.5. The van der Waals surface area contributed by atoms with Gasteiger partial charge < -0.3 is 9.32 Å². The summed E-state index contributed by atoms with van der Waals surface area (Å²) in [6.45, 7) is 1.67. The highest BCUT2D eigenvalue weighted by Crippen LogP contribution is 2.26. The Balaban J connectivity index is 1.75. The number of carbonyl (C=O) groups is 1. The van der Waals surface area contributed by atoms with Gasteiger partial charge in [0, 0.05) is 18.0 Å². The van der Waals surface area contributed by atoms with Gasteiger partial charge in [0.15, 0.2) is 23.6 Å². The van der Waals surface area contributed by atoms with Crippen LogP contribution in [0.15, 0.2) is 45.9 Å². The summed E-state index contributed by atoms with van der Waals surface area (Å²) in [6, 6.07) is 5.94. The van der Waals surface area contributed by atoms with Crippen molar-refractivity contribution in [3.05, 3.63) is 70.0 Å². The van der Waals surface area contributed by atoms with Crippen molar-refractivity contribution in [2.24, 2.45) is 0 Å². The maximum Gasteiger partial charge on any atom is 0.272 e. The molecule has 4 aromatic rings. The van der Waals surface area contributed by atoms with Crippen LogP contribution in [0.3, 0.4) is 0 Å². The molecule has 2 heterocycles. The van der Waals surface area contributed by atoms with Gasteiger partial charge in [0.25, 0.3) is 11.5 Å². The Morgan fingerprint density at radius 1 is 1.18 bits per heavy atom. The van der Waals surface area contributed by atoms with E-state index in [9.17, 15) is 18.4 Å². The zero-order chi connectivity index (χ0) is 20.0. The van der Waals surface area contributed by atoms with Crippen molar-refractivity contribution in [1.29, 1.82) is 0 Å². The minimum absolute atomic E-state index is 0.0411. The molecule has 1 atom stereocenters. The Bertz CT molecular complexity index is 1280. The van der Waals surface area contributed by atoms with Crippen molar-refractivity contribution in [2.75, 3.05) is 7.05 Å². The number of benzene rings is 2. The Kier molecular flexibility index (Phi) is 4.14. The van der Waals surface area contributed by atoms with E-state index in [1.165, 1.54) is 11.3 Å². The van der Waals surface area contributed by atoms with Crippen molar-refractivity contribution >= 4 is 27.8 Å². The molecule has 0 radical (unpaired) electrons. The van der Waals surface area contributed by atoms with Crippen LogP contribution in [-0.2, 0) is 0 Å². The minimum atomic E-state index is -1.13. The maximum absolute atomic E-state index is 13.8.